The molecule has 0 aliphatic rings. The Kier molecular flexibility index (Phi) is 6.20. The smallest absolute Gasteiger partial charge is 0.224 e. The summed E-state index contributed by atoms with van der Waals surface area (Å²) in [6.07, 6.45) is 0.757. The number of nitrogens with zero attached hydrogens (tertiary/aromatic N) is 2. The summed E-state index contributed by atoms with van der Waals surface area (Å²) in [6.45, 7) is 5.13. The molecule has 140 valence electrons. The Morgan fingerprint density at radius 2 is 1.81 bits per heavy atom. The number of aromatic nitrogens is 2. The Bertz CT molecular complexity index is 884. The van der Waals surface area contributed by atoms with Crippen LogP contribution in [0, 0.1) is 12.7 Å². The predicted octanol–water partition coefficient (Wildman–Crippen LogP) is 4.72. The fraction of sp³-hybridized carbons (Fsp3) is 0.238. The molecule has 3 aromatic rings. The molecule has 0 aliphatic heterocycles. The van der Waals surface area contributed by atoms with E-state index in [0.717, 1.165) is 29.1 Å². The van der Waals surface area contributed by atoms with E-state index in [9.17, 15) is 4.39 Å². The van der Waals surface area contributed by atoms with Gasteiger partial charge in [-0.1, -0.05) is 24.3 Å². The van der Waals surface area contributed by atoms with Gasteiger partial charge in [0, 0.05) is 18.3 Å². The number of ether oxygens (including phenoxy) is 1. The minimum atomic E-state index is -0.225. The second-order valence-corrected chi connectivity index (χ2v) is 6.08. The first-order valence-electron chi connectivity index (χ1n) is 8.97. The molecule has 1 heterocycles. The van der Waals surface area contributed by atoms with Crippen molar-refractivity contribution in [3.63, 3.8) is 0 Å². The monoisotopic (exact) mass is 366 g/mol. The van der Waals surface area contributed by atoms with Gasteiger partial charge in [-0.2, -0.15) is 4.98 Å². The van der Waals surface area contributed by atoms with E-state index in [0.29, 0.717) is 24.9 Å². The van der Waals surface area contributed by atoms with Crippen molar-refractivity contribution in [1.82, 2.24) is 9.97 Å². The van der Waals surface area contributed by atoms with Gasteiger partial charge in [0.05, 0.1) is 12.3 Å². The zero-order valence-corrected chi connectivity index (χ0v) is 15.5. The molecule has 0 fully saturated rings. The minimum Gasteiger partial charge on any atom is -0.492 e. The standard InChI is InChI=1S/C21H23FN4O/c1-3-27-19-7-5-4-6-18(19)25-20-14-15(2)24-21(26-20)23-13-12-16-8-10-17(22)11-9-16/h4-11,14H,3,12-13H2,1-2H3,(H2,23,24,25,26). The normalized spacial score (nSPS) is 10.5. The van der Waals surface area contributed by atoms with E-state index < -0.39 is 0 Å². The molecule has 0 radical (unpaired) electrons. The lowest BCUT2D eigenvalue weighted by Gasteiger charge is -2.13. The van der Waals surface area contributed by atoms with Gasteiger partial charge in [0.2, 0.25) is 5.95 Å². The van der Waals surface area contributed by atoms with Gasteiger partial charge in [-0.25, -0.2) is 9.37 Å². The second kappa shape index (κ2) is 8.98. The maximum Gasteiger partial charge on any atom is 0.224 e. The SMILES string of the molecule is CCOc1ccccc1Nc1cc(C)nc(NCCc2ccc(F)cc2)n1. The van der Waals surface area contributed by atoms with E-state index in [1.165, 1.54) is 12.1 Å². The lowest BCUT2D eigenvalue weighted by atomic mass is 10.1. The van der Waals surface area contributed by atoms with Crippen molar-refractivity contribution in [3.8, 4) is 5.75 Å². The van der Waals surface area contributed by atoms with Gasteiger partial charge in [0.1, 0.15) is 17.4 Å². The minimum absolute atomic E-state index is 0.225. The zero-order valence-electron chi connectivity index (χ0n) is 15.5. The van der Waals surface area contributed by atoms with E-state index >= 15 is 0 Å². The van der Waals surface area contributed by atoms with Gasteiger partial charge in [0.15, 0.2) is 0 Å². The largest absolute Gasteiger partial charge is 0.492 e. The third-order valence-corrected chi connectivity index (χ3v) is 3.91. The fourth-order valence-electron chi connectivity index (χ4n) is 2.67. The van der Waals surface area contributed by atoms with Crippen LogP contribution >= 0.6 is 0 Å². The van der Waals surface area contributed by atoms with E-state index in [1.54, 1.807) is 12.1 Å². The summed E-state index contributed by atoms with van der Waals surface area (Å²) in [7, 11) is 0. The molecule has 27 heavy (non-hydrogen) atoms. The van der Waals surface area contributed by atoms with Crippen LogP contribution in [0.3, 0.4) is 0 Å². The summed E-state index contributed by atoms with van der Waals surface area (Å²) in [5.74, 6) is 1.80. The summed E-state index contributed by atoms with van der Waals surface area (Å²) >= 11 is 0. The first kappa shape index (κ1) is 18.6. The van der Waals surface area contributed by atoms with Crippen LogP contribution in [0.5, 0.6) is 5.75 Å². The number of aryl methyl sites for hydroxylation is 1. The molecular weight excluding hydrogens is 343 g/mol. The van der Waals surface area contributed by atoms with Gasteiger partial charge in [0.25, 0.3) is 0 Å². The van der Waals surface area contributed by atoms with Crippen LogP contribution in [-0.4, -0.2) is 23.1 Å². The van der Waals surface area contributed by atoms with Crippen LogP contribution < -0.4 is 15.4 Å². The van der Waals surface area contributed by atoms with Crippen molar-refractivity contribution >= 4 is 17.5 Å². The quantitative estimate of drug-likeness (QED) is 0.604. The topological polar surface area (TPSA) is 59.1 Å². The summed E-state index contributed by atoms with van der Waals surface area (Å²) < 4.78 is 18.6. The lowest BCUT2D eigenvalue weighted by Crippen LogP contribution is -2.10. The maximum absolute atomic E-state index is 13.0. The predicted molar refractivity (Wildman–Crippen MR) is 106 cm³/mol. The third kappa shape index (κ3) is 5.41. The van der Waals surface area contributed by atoms with Gasteiger partial charge < -0.3 is 15.4 Å². The van der Waals surface area contributed by atoms with Gasteiger partial charge in [-0.05, 0) is 50.1 Å². The highest BCUT2D eigenvalue weighted by Gasteiger charge is 2.06. The molecule has 0 spiro atoms. The molecule has 2 N–H and O–H groups in total. The highest BCUT2D eigenvalue weighted by Crippen LogP contribution is 2.27. The van der Waals surface area contributed by atoms with Gasteiger partial charge in [-0.15, -0.1) is 0 Å². The lowest BCUT2D eigenvalue weighted by molar-refractivity contribution is 0.342. The van der Waals surface area contributed by atoms with Crippen molar-refractivity contribution in [2.45, 2.75) is 20.3 Å². The number of hydrogen-bond acceptors (Lipinski definition) is 5. The van der Waals surface area contributed by atoms with Crippen molar-refractivity contribution in [3.05, 3.63) is 71.7 Å². The summed E-state index contributed by atoms with van der Waals surface area (Å²) in [5.41, 5.74) is 2.76. The Balaban J connectivity index is 1.66. The van der Waals surface area contributed by atoms with E-state index in [4.69, 9.17) is 4.74 Å². The average molecular weight is 366 g/mol. The Labute approximate surface area is 158 Å². The second-order valence-electron chi connectivity index (χ2n) is 6.08. The highest BCUT2D eigenvalue weighted by atomic mass is 19.1. The number of hydrogen-bond donors (Lipinski definition) is 2. The van der Waals surface area contributed by atoms with Crippen LogP contribution in [0.4, 0.5) is 21.8 Å². The number of benzene rings is 2. The van der Waals surface area contributed by atoms with Crippen molar-refractivity contribution < 1.29 is 9.13 Å². The molecule has 0 aliphatic carbocycles. The molecule has 5 nitrogen and oxygen atoms in total. The Morgan fingerprint density at radius 3 is 2.59 bits per heavy atom. The van der Waals surface area contributed by atoms with Crippen molar-refractivity contribution in [2.24, 2.45) is 0 Å². The Morgan fingerprint density at radius 1 is 1.04 bits per heavy atom. The first-order chi connectivity index (χ1) is 13.1. The Hall–Kier alpha value is -3.15. The number of nitrogens with one attached hydrogen (secondary N) is 2. The van der Waals surface area contributed by atoms with Crippen LogP contribution in [0.2, 0.25) is 0 Å². The van der Waals surface area contributed by atoms with Crippen molar-refractivity contribution in [2.75, 3.05) is 23.8 Å². The number of anilines is 3. The molecule has 0 unspecified atom stereocenters. The van der Waals surface area contributed by atoms with Crippen LogP contribution in [-0.2, 0) is 6.42 Å². The zero-order chi connectivity index (χ0) is 19.1. The molecule has 2 aromatic carbocycles. The number of halogens is 1. The van der Waals surface area contributed by atoms with Crippen LogP contribution in [0.1, 0.15) is 18.2 Å². The van der Waals surface area contributed by atoms with Gasteiger partial charge in [-0.3, -0.25) is 0 Å². The molecule has 0 atom stereocenters. The van der Waals surface area contributed by atoms with Crippen LogP contribution in [0.25, 0.3) is 0 Å². The molecule has 3 rings (SSSR count). The molecule has 0 amide bonds. The first-order valence-corrected chi connectivity index (χ1v) is 8.97. The van der Waals surface area contributed by atoms with E-state index in [1.807, 2.05) is 44.2 Å². The average Bonchev–Trinajstić information content (AvgIpc) is 2.65. The fourth-order valence-corrected chi connectivity index (χ4v) is 2.67. The third-order valence-electron chi connectivity index (χ3n) is 3.91. The van der Waals surface area contributed by atoms with Gasteiger partial charge >= 0.3 is 0 Å². The molecule has 0 saturated heterocycles. The summed E-state index contributed by atoms with van der Waals surface area (Å²) in [5, 5.41) is 6.52. The van der Waals surface area contributed by atoms with Crippen LogP contribution in [0.15, 0.2) is 54.6 Å². The molecule has 6 heteroatoms. The molecule has 1 aromatic heterocycles. The van der Waals surface area contributed by atoms with E-state index in [-0.39, 0.29) is 5.82 Å². The number of para-hydroxylation sites is 2. The summed E-state index contributed by atoms with van der Waals surface area (Å²) in [4.78, 5) is 8.95. The van der Waals surface area contributed by atoms with Crippen molar-refractivity contribution in [1.29, 1.82) is 0 Å². The van der Waals surface area contributed by atoms with E-state index in [2.05, 4.69) is 20.6 Å². The maximum atomic E-state index is 13.0. The molecular formula is C21H23FN4O. The highest BCUT2D eigenvalue weighted by molar-refractivity contribution is 5.64. The number of rotatable bonds is 8. The molecule has 0 saturated carbocycles. The summed E-state index contributed by atoms with van der Waals surface area (Å²) in [6, 6.07) is 16.1. The molecule has 0 bridgehead atoms.